The van der Waals surface area contributed by atoms with Gasteiger partial charge in [-0.1, -0.05) is 47.6 Å². The lowest BCUT2D eigenvalue weighted by molar-refractivity contribution is -0.137. The van der Waals surface area contributed by atoms with Crippen LogP contribution in [-0.4, -0.2) is 39.2 Å². The molecule has 1 N–H and O–H groups in total. The van der Waals surface area contributed by atoms with E-state index in [4.69, 9.17) is 9.94 Å². The van der Waals surface area contributed by atoms with Crippen molar-refractivity contribution in [3.63, 3.8) is 0 Å². The van der Waals surface area contributed by atoms with Crippen LogP contribution in [0.4, 0.5) is 0 Å². The predicted molar refractivity (Wildman–Crippen MR) is 124 cm³/mol. The standard InChI is InChI=1S/C24H27N3O3S/c1-31-21-12-10-20(11-13-21)24(26-30-16-6-5-9-23(28)29)22(27-15-14-25-18-27)17-19-7-3-2-4-8-19/h2-4,7-8,10-15,18,22H,5-6,9,16-17H2,1H3,(H,28,29)/b26-24+. The molecular weight excluding hydrogens is 410 g/mol. The number of carboxylic acid groups (broad SMARTS) is 1. The van der Waals surface area contributed by atoms with Gasteiger partial charge in [-0.2, -0.15) is 0 Å². The highest BCUT2D eigenvalue weighted by Crippen LogP contribution is 2.23. The Morgan fingerprint density at radius 2 is 1.94 bits per heavy atom. The highest BCUT2D eigenvalue weighted by molar-refractivity contribution is 7.98. The van der Waals surface area contributed by atoms with E-state index in [1.165, 1.54) is 10.5 Å². The fourth-order valence-corrected chi connectivity index (χ4v) is 3.67. The van der Waals surface area contributed by atoms with E-state index in [9.17, 15) is 4.79 Å². The van der Waals surface area contributed by atoms with Crippen LogP contribution in [0.2, 0.25) is 0 Å². The van der Waals surface area contributed by atoms with E-state index in [0.717, 1.165) is 17.7 Å². The van der Waals surface area contributed by atoms with Gasteiger partial charge in [-0.05, 0) is 43.2 Å². The van der Waals surface area contributed by atoms with Crippen molar-refractivity contribution in [2.24, 2.45) is 5.16 Å². The lowest BCUT2D eigenvalue weighted by Gasteiger charge is -2.21. The van der Waals surface area contributed by atoms with E-state index >= 15 is 0 Å². The molecule has 0 fully saturated rings. The maximum absolute atomic E-state index is 10.7. The summed E-state index contributed by atoms with van der Waals surface area (Å²) >= 11 is 1.69. The van der Waals surface area contributed by atoms with Crippen LogP contribution in [0.1, 0.15) is 36.4 Å². The number of thioether (sulfide) groups is 1. The molecule has 6 nitrogen and oxygen atoms in total. The third-order valence-corrected chi connectivity index (χ3v) is 5.64. The monoisotopic (exact) mass is 437 g/mol. The van der Waals surface area contributed by atoms with Crippen molar-refractivity contribution in [3.8, 4) is 0 Å². The van der Waals surface area contributed by atoms with Crippen molar-refractivity contribution >= 4 is 23.4 Å². The molecule has 0 aliphatic rings. The Balaban J connectivity index is 1.87. The Morgan fingerprint density at radius 3 is 2.58 bits per heavy atom. The smallest absolute Gasteiger partial charge is 0.303 e. The van der Waals surface area contributed by atoms with Gasteiger partial charge in [-0.15, -0.1) is 11.8 Å². The second-order valence-electron chi connectivity index (χ2n) is 7.10. The number of aliphatic carboxylic acids is 1. The quantitative estimate of drug-likeness (QED) is 0.185. The summed E-state index contributed by atoms with van der Waals surface area (Å²) in [6.07, 6.45) is 9.64. The molecule has 1 aromatic heterocycles. The van der Waals surface area contributed by atoms with Crippen LogP contribution >= 0.6 is 11.8 Å². The van der Waals surface area contributed by atoms with Gasteiger partial charge in [-0.25, -0.2) is 4.98 Å². The third kappa shape index (κ3) is 7.00. The molecule has 3 aromatic rings. The van der Waals surface area contributed by atoms with Gasteiger partial charge in [0.1, 0.15) is 12.3 Å². The zero-order chi connectivity index (χ0) is 21.9. The number of hydrogen-bond acceptors (Lipinski definition) is 5. The van der Waals surface area contributed by atoms with Gasteiger partial charge in [-0.3, -0.25) is 4.79 Å². The molecule has 3 rings (SSSR count). The number of carboxylic acids is 1. The molecule has 0 spiro atoms. The van der Waals surface area contributed by atoms with Crippen LogP contribution in [0.15, 0.2) is 83.4 Å². The minimum Gasteiger partial charge on any atom is -0.481 e. The van der Waals surface area contributed by atoms with Gasteiger partial charge in [0.25, 0.3) is 0 Å². The third-order valence-electron chi connectivity index (χ3n) is 4.90. The number of rotatable bonds is 12. The first-order chi connectivity index (χ1) is 15.2. The average Bonchev–Trinajstić information content (AvgIpc) is 3.33. The summed E-state index contributed by atoms with van der Waals surface area (Å²) in [4.78, 5) is 21.8. The summed E-state index contributed by atoms with van der Waals surface area (Å²) in [5, 5.41) is 13.3. The fraction of sp³-hybridized carbons (Fsp3) is 0.292. The first kappa shape index (κ1) is 22.6. The number of oxime groups is 1. The number of carbonyl (C=O) groups is 1. The van der Waals surface area contributed by atoms with Gasteiger partial charge < -0.3 is 14.5 Å². The second-order valence-corrected chi connectivity index (χ2v) is 7.98. The maximum atomic E-state index is 10.7. The Kier molecular flexibility index (Phi) is 8.72. The second kappa shape index (κ2) is 12.0. The van der Waals surface area contributed by atoms with Crippen LogP contribution in [0, 0.1) is 0 Å². The largest absolute Gasteiger partial charge is 0.481 e. The molecule has 31 heavy (non-hydrogen) atoms. The van der Waals surface area contributed by atoms with Crippen molar-refractivity contribution in [2.45, 2.75) is 36.6 Å². The summed E-state index contributed by atoms with van der Waals surface area (Å²) in [7, 11) is 0. The molecular formula is C24H27N3O3S. The Labute approximate surface area is 187 Å². The minimum absolute atomic E-state index is 0.0935. The SMILES string of the molecule is CSc1ccc(/C(=N\OCCCCC(=O)O)C(Cc2ccccc2)n2ccnc2)cc1. The molecule has 0 saturated heterocycles. The van der Waals surface area contributed by atoms with Crippen molar-refractivity contribution in [1.29, 1.82) is 0 Å². The molecule has 0 bridgehead atoms. The fourth-order valence-electron chi connectivity index (χ4n) is 3.26. The Morgan fingerprint density at radius 1 is 1.16 bits per heavy atom. The summed E-state index contributed by atoms with van der Waals surface area (Å²) < 4.78 is 2.04. The number of unbranched alkanes of at least 4 members (excludes halogenated alkanes) is 1. The topological polar surface area (TPSA) is 76.7 Å². The van der Waals surface area contributed by atoms with Crippen molar-refractivity contribution in [2.75, 3.05) is 12.9 Å². The molecule has 0 aliphatic heterocycles. The van der Waals surface area contributed by atoms with E-state index in [1.54, 1.807) is 24.3 Å². The number of benzene rings is 2. The number of imidazole rings is 1. The summed E-state index contributed by atoms with van der Waals surface area (Å²) in [5.41, 5.74) is 2.99. The van der Waals surface area contributed by atoms with Gasteiger partial charge >= 0.3 is 5.97 Å². The summed E-state index contributed by atoms with van der Waals surface area (Å²) in [6.45, 7) is 0.377. The molecule has 0 radical (unpaired) electrons. The van der Waals surface area contributed by atoms with Crippen LogP contribution in [0.5, 0.6) is 0 Å². The first-order valence-corrected chi connectivity index (χ1v) is 11.5. The van der Waals surface area contributed by atoms with Crippen LogP contribution in [0.3, 0.4) is 0 Å². The molecule has 1 heterocycles. The number of nitrogens with zero attached hydrogens (tertiary/aromatic N) is 3. The van der Waals surface area contributed by atoms with Gasteiger partial charge in [0.2, 0.25) is 0 Å². The molecule has 1 unspecified atom stereocenters. The molecule has 1 atom stereocenters. The highest BCUT2D eigenvalue weighted by atomic mass is 32.2. The molecule has 0 amide bonds. The molecule has 0 saturated carbocycles. The van der Waals surface area contributed by atoms with E-state index in [-0.39, 0.29) is 12.5 Å². The zero-order valence-electron chi connectivity index (χ0n) is 17.6. The van der Waals surface area contributed by atoms with E-state index < -0.39 is 5.97 Å². The van der Waals surface area contributed by atoms with Crippen molar-refractivity contribution < 1.29 is 14.7 Å². The van der Waals surface area contributed by atoms with Gasteiger partial charge in [0.05, 0.1) is 12.4 Å². The van der Waals surface area contributed by atoms with E-state index in [1.807, 2.05) is 35.2 Å². The lowest BCUT2D eigenvalue weighted by atomic mass is 9.96. The summed E-state index contributed by atoms with van der Waals surface area (Å²) in [5.74, 6) is -0.791. The number of hydrogen-bond donors (Lipinski definition) is 1. The first-order valence-electron chi connectivity index (χ1n) is 10.2. The molecule has 2 aromatic carbocycles. The van der Waals surface area contributed by atoms with Crippen LogP contribution in [0.25, 0.3) is 0 Å². The van der Waals surface area contributed by atoms with Crippen LogP contribution in [-0.2, 0) is 16.1 Å². The lowest BCUT2D eigenvalue weighted by Crippen LogP contribution is -2.22. The van der Waals surface area contributed by atoms with Gasteiger partial charge in [0, 0.05) is 29.3 Å². The maximum Gasteiger partial charge on any atom is 0.303 e. The van der Waals surface area contributed by atoms with Gasteiger partial charge in [0.15, 0.2) is 0 Å². The Hall–Kier alpha value is -3.06. The average molecular weight is 438 g/mol. The molecule has 162 valence electrons. The zero-order valence-corrected chi connectivity index (χ0v) is 18.4. The molecule has 0 aliphatic carbocycles. The van der Waals surface area contributed by atoms with E-state index in [2.05, 4.69) is 46.5 Å². The van der Waals surface area contributed by atoms with E-state index in [0.29, 0.717) is 19.4 Å². The molecule has 7 heteroatoms. The minimum atomic E-state index is -0.791. The highest BCUT2D eigenvalue weighted by Gasteiger charge is 2.21. The van der Waals surface area contributed by atoms with Crippen LogP contribution < -0.4 is 0 Å². The summed E-state index contributed by atoms with van der Waals surface area (Å²) in [6, 6.07) is 18.5. The normalized spacial score (nSPS) is 12.5. The van der Waals surface area contributed by atoms with Crippen molar-refractivity contribution in [1.82, 2.24) is 9.55 Å². The van der Waals surface area contributed by atoms with Crippen molar-refractivity contribution in [3.05, 3.63) is 84.4 Å². The number of aromatic nitrogens is 2. The Bertz CT molecular complexity index is 958. The predicted octanol–water partition coefficient (Wildman–Crippen LogP) is 5.06.